The Bertz CT molecular complexity index is 118. The molecule has 0 amide bonds. The minimum Gasteiger partial charge on any atom is -0.393 e. The first-order valence-corrected chi connectivity index (χ1v) is 3.75. The van der Waals surface area contributed by atoms with E-state index < -0.39 is 0 Å². The maximum absolute atomic E-state index is 9.12. The molecule has 10 heavy (non-hydrogen) atoms. The van der Waals surface area contributed by atoms with E-state index in [1.54, 1.807) is 0 Å². The van der Waals surface area contributed by atoms with Crippen LogP contribution in [0.25, 0.3) is 0 Å². The maximum Gasteiger partial charge on any atom is 0.147 e. The number of aliphatic hydroxyl groups excluding tert-OH is 1. The van der Waals surface area contributed by atoms with E-state index in [4.69, 9.17) is 5.11 Å². The molecule has 0 saturated carbocycles. The Hall–Kier alpha value is -0.370. The number of rotatable bonds is 3. The zero-order valence-corrected chi connectivity index (χ0v) is 7.33. The van der Waals surface area contributed by atoms with Gasteiger partial charge in [0.05, 0.1) is 6.10 Å². The van der Waals surface area contributed by atoms with Gasteiger partial charge in [-0.3, -0.25) is 0 Å². The van der Waals surface area contributed by atoms with Crippen LogP contribution >= 0.6 is 0 Å². The number of nitrogens with zero attached hydrogens (tertiary/aromatic N) is 1. The van der Waals surface area contributed by atoms with Crippen molar-refractivity contribution in [3.63, 3.8) is 0 Å². The molecule has 0 heterocycles. The Morgan fingerprint density at radius 1 is 1.50 bits per heavy atom. The molecule has 2 heteroatoms. The summed E-state index contributed by atoms with van der Waals surface area (Å²) in [6.45, 7) is 6.79. The van der Waals surface area contributed by atoms with Crippen molar-refractivity contribution in [3.8, 4) is 0 Å². The van der Waals surface area contributed by atoms with Gasteiger partial charge in [0.15, 0.2) is 0 Å². The van der Waals surface area contributed by atoms with Crippen molar-refractivity contribution in [1.82, 2.24) is 0 Å². The fourth-order valence-electron chi connectivity index (χ4n) is 0.712. The van der Waals surface area contributed by atoms with Crippen molar-refractivity contribution in [3.05, 3.63) is 0 Å². The lowest BCUT2D eigenvalue weighted by molar-refractivity contribution is -0.502. The summed E-state index contributed by atoms with van der Waals surface area (Å²) in [6, 6.07) is 0. The van der Waals surface area contributed by atoms with Crippen LogP contribution in [0.4, 0.5) is 0 Å². The van der Waals surface area contributed by atoms with Crippen LogP contribution in [0.2, 0.25) is 0 Å². The topological polar surface area (TPSA) is 23.2 Å². The summed E-state index contributed by atoms with van der Waals surface area (Å²) in [5, 5.41) is 9.12. The molecule has 0 radical (unpaired) electrons. The highest BCUT2D eigenvalue weighted by Gasteiger charge is 2.12. The maximum atomic E-state index is 9.12. The second-order valence-corrected chi connectivity index (χ2v) is 2.92. The van der Waals surface area contributed by atoms with Gasteiger partial charge in [0.1, 0.15) is 19.8 Å². The molecule has 0 spiro atoms. The molecule has 0 aromatic rings. The van der Waals surface area contributed by atoms with Crippen LogP contribution < -0.4 is 0 Å². The van der Waals surface area contributed by atoms with Gasteiger partial charge >= 0.3 is 0 Å². The number of aliphatic hydroxyl groups is 1. The quantitative estimate of drug-likeness (QED) is 0.458. The van der Waals surface area contributed by atoms with Crippen LogP contribution in [0.3, 0.4) is 0 Å². The van der Waals surface area contributed by atoms with E-state index >= 15 is 0 Å². The first-order chi connectivity index (χ1) is 4.57. The monoisotopic (exact) mass is 144 g/mol. The number of hydrogen-bond acceptors (Lipinski definition) is 1. The minimum atomic E-state index is -0.206. The molecule has 2 atom stereocenters. The molecule has 1 N–H and O–H groups in total. The molecule has 0 aliphatic heterocycles. The zero-order valence-electron chi connectivity index (χ0n) is 7.33. The molecule has 0 saturated heterocycles. The molecule has 0 rings (SSSR count). The average Bonchev–Trinajstić information content (AvgIpc) is 1.87. The summed E-state index contributed by atoms with van der Waals surface area (Å²) in [5.74, 6) is 0.348. The fourth-order valence-corrected chi connectivity index (χ4v) is 0.712. The average molecular weight is 144 g/mol. The van der Waals surface area contributed by atoms with Crippen molar-refractivity contribution in [2.75, 3.05) is 13.6 Å². The predicted molar refractivity (Wildman–Crippen MR) is 43.6 cm³/mol. The molecule has 0 aliphatic rings. The van der Waals surface area contributed by atoms with Gasteiger partial charge < -0.3 is 5.11 Å². The summed E-state index contributed by atoms with van der Waals surface area (Å²) < 4.78 is 2.08. The Labute approximate surface area is 63.2 Å². The van der Waals surface area contributed by atoms with E-state index in [-0.39, 0.29) is 6.10 Å². The zero-order chi connectivity index (χ0) is 8.15. The van der Waals surface area contributed by atoms with Crippen LogP contribution in [0.15, 0.2) is 0 Å². The molecule has 0 aromatic heterocycles. The van der Waals surface area contributed by atoms with Gasteiger partial charge in [-0.25, -0.2) is 4.58 Å². The number of hydrogen-bond donors (Lipinski definition) is 1. The molecule has 2 unspecified atom stereocenters. The first-order valence-electron chi connectivity index (χ1n) is 3.75. The van der Waals surface area contributed by atoms with Crippen molar-refractivity contribution < 1.29 is 9.68 Å². The highest BCUT2D eigenvalue weighted by Crippen LogP contribution is 2.00. The largest absolute Gasteiger partial charge is 0.393 e. The minimum absolute atomic E-state index is 0.206. The molecule has 2 nitrogen and oxygen atoms in total. The normalized spacial score (nSPS) is 18.7. The van der Waals surface area contributed by atoms with Gasteiger partial charge in [-0.15, -0.1) is 0 Å². The Morgan fingerprint density at radius 3 is 2.30 bits per heavy atom. The molecular formula is C8H18NO+. The summed E-state index contributed by atoms with van der Waals surface area (Å²) in [4.78, 5) is 0. The summed E-state index contributed by atoms with van der Waals surface area (Å²) >= 11 is 0. The van der Waals surface area contributed by atoms with Gasteiger partial charge in [-0.05, 0) is 6.92 Å². The first kappa shape index (κ1) is 9.63. The molecule has 0 bridgehead atoms. The van der Waals surface area contributed by atoms with Crippen molar-refractivity contribution in [2.45, 2.75) is 26.9 Å². The van der Waals surface area contributed by atoms with E-state index in [1.165, 1.54) is 0 Å². The van der Waals surface area contributed by atoms with Gasteiger partial charge in [0.25, 0.3) is 0 Å². The van der Waals surface area contributed by atoms with Crippen LogP contribution in [0.1, 0.15) is 20.8 Å². The third kappa shape index (κ3) is 3.62. The second kappa shape index (κ2) is 4.45. The summed E-state index contributed by atoms with van der Waals surface area (Å²) in [7, 11) is 2.01. The van der Waals surface area contributed by atoms with Crippen LogP contribution in [-0.2, 0) is 0 Å². The second-order valence-electron chi connectivity index (χ2n) is 2.92. The van der Waals surface area contributed by atoms with Gasteiger partial charge in [-0.1, -0.05) is 6.92 Å². The third-order valence-electron chi connectivity index (χ3n) is 1.84. The highest BCUT2D eigenvalue weighted by molar-refractivity contribution is 5.46. The SMILES string of the molecule is CC=[N+](C)CC(C)C(C)O. The standard InChI is InChI=1S/C8H18NO/c1-5-9(4)6-7(2)8(3)10/h5,7-8,10H,6H2,1-4H3/q+1. The van der Waals surface area contributed by atoms with Gasteiger partial charge in [0.2, 0.25) is 0 Å². The summed E-state index contributed by atoms with van der Waals surface area (Å²) in [6.07, 6.45) is 1.81. The van der Waals surface area contributed by atoms with E-state index in [2.05, 4.69) is 4.58 Å². The molecule has 60 valence electrons. The molecule has 0 aromatic carbocycles. The Balaban J connectivity index is 3.68. The highest BCUT2D eigenvalue weighted by atomic mass is 16.3. The Morgan fingerprint density at radius 2 is 2.00 bits per heavy atom. The van der Waals surface area contributed by atoms with Gasteiger partial charge in [0, 0.05) is 12.8 Å². The van der Waals surface area contributed by atoms with E-state index in [9.17, 15) is 0 Å². The predicted octanol–water partition coefficient (Wildman–Crippen LogP) is 0.736. The van der Waals surface area contributed by atoms with Gasteiger partial charge in [-0.2, -0.15) is 0 Å². The lowest BCUT2D eigenvalue weighted by atomic mass is 10.1. The van der Waals surface area contributed by atoms with Crippen LogP contribution in [0, 0.1) is 5.92 Å². The van der Waals surface area contributed by atoms with Crippen LogP contribution in [-0.4, -0.2) is 35.6 Å². The van der Waals surface area contributed by atoms with E-state index in [0.717, 1.165) is 6.54 Å². The molecule has 0 aliphatic carbocycles. The van der Waals surface area contributed by atoms with Crippen LogP contribution in [0.5, 0.6) is 0 Å². The van der Waals surface area contributed by atoms with Crippen molar-refractivity contribution in [2.24, 2.45) is 5.92 Å². The lowest BCUT2D eigenvalue weighted by Gasteiger charge is -2.10. The van der Waals surface area contributed by atoms with E-state index in [0.29, 0.717) is 5.92 Å². The lowest BCUT2D eigenvalue weighted by Crippen LogP contribution is -2.23. The fraction of sp³-hybridized carbons (Fsp3) is 0.875. The Kier molecular flexibility index (Phi) is 4.28. The third-order valence-corrected chi connectivity index (χ3v) is 1.84. The van der Waals surface area contributed by atoms with E-state index in [1.807, 2.05) is 34.0 Å². The molecular weight excluding hydrogens is 126 g/mol. The molecule has 0 fully saturated rings. The van der Waals surface area contributed by atoms with Crippen molar-refractivity contribution >= 4 is 6.21 Å². The summed E-state index contributed by atoms with van der Waals surface area (Å²) in [5.41, 5.74) is 0. The van der Waals surface area contributed by atoms with Crippen molar-refractivity contribution in [1.29, 1.82) is 0 Å². The smallest absolute Gasteiger partial charge is 0.147 e.